The molecule has 23 heavy (non-hydrogen) atoms. The Kier molecular flexibility index (Phi) is 5.93. The Hall–Kier alpha value is -2.14. The van der Waals surface area contributed by atoms with Gasteiger partial charge in [-0.05, 0) is 50.1 Å². The zero-order valence-electron chi connectivity index (χ0n) is 13.3. The Morgan fingerprint density at radius 3 is 2.43 bits per heavy atom. The molecule has 0 radical (unpaired) electrons. The van der Waals surface area contributed by atoms with E-state index >= 15 is 0 Å². The number of carboxylic acid groups (broad SMARTS) is 1. The van der Waals surface area contributed by atoms with Gasteiger partial charge >= 0.3 is 5.97 Å². The van der Waals surface area contributed by atoms with Crippen molar-refractivity contribution in [2.75, 3.05) is 0 Å². The summed E-state index contributed by atoms with van der Waals surface area (Å²) in [6, 6.07) is 11.0. The summed E-state index contributed by atoms with van der Waals surface area (Å²) in [7, 11) is 0. The molecule has 0 fully saturated rings. The lowest BCUT2D eigenvalue weighted by Gasteiger charge is -2.13. The lowest BCUT2D eigenvalue weighted by atomic mass is 10.1. The molecule has 2 rings (SSSR count). The molecule has 1 aromatic carbocycles. The number of aromatic carboxylic acids is 1. The number of carboxylic acids is 1. The van der Waals surface area contributed by atoms with E-state index in [0.717, 1.165) is 12.0 Å². The van der Waals surface area contributed by atoms with E-state index in [-0.39, 0.29) is 17.5 Å². The van der Waals surface area contributed by atoms with E-state index in [0.29, 0.717) is 12.8 Å². The number of aryl methyl sites for hydroxylation is 2. The molecule has 1 aromatic heterocycles. The SMILES string of the molecule is Cc1ccc(CC(C)NC(=O)CCc2ccc(C(=O)O)cc2)s1. The molecular weight excluding hydrogens is 310 g/mol. The normalized spacial score (nSPS) is 11.9. The van der Waals surface area contributed by atoms with Crippen molar-refractivity contribution in [3.63, 3.8) is 0 Å². The van der Waals surface area contributed by atoms with Crippen LogP contribution in [-0.4, -0.2) is 23.0 Å². The van der Waals surface area contributed by atoms with Gasteiger partial charge in [-0.1, -0.05) is 12.1 Å². The summed E-state index contributed by atoms with van der Waals surface area (Å²) in [6.07, 6.45) is 1.86. The van der Waals surface area contributed by atoms with Gasteiger partial charge in [-0.25, -0.2) is 4.79 Å². The fourth-order valence-electron chi connectivity index (χ4n) is 2.37. The van der Waals surface area contributed by atoms with Gasteiger partial charge in [0.05, 0.1) is 5.56 Å². The molecule has 2 aromatic rings. The van der Waals surface area contributed by atoms with Crippen LogP contribution >= 0.6 is 11.3 Å². The van der Waals surface area contributed by atoms with E-state index in [2.05, 4.69) is 24.4 Å². The summed E-state index contributed by atoms with van der Waals surface area (Å²) in [5.74, 6) is -0.917. The number of nitrogens with one attached hydrogen (secondary N) is 1. The molecule has 5 heteroatoms. The minimum absolute atomic E-state index is 0.0214. The number of amides is 1. The van der Waals surface area contributed by atoms with E-state index in [4.69, 9.17) is 5.11 Å². The second-order valence-electron chi connectivity index (χ2n) is 5.69. The van der Waals surface area contributed by atoms with Crippen LogP contribution < -0.4 is 5.32 Å². The Morgan fingerprint density at radius 2 is 1.87 bits per heavy atom. The number of carbonyl (C=O) groups is 2. The van der Waals surface area contributed by atoms with Gasteiger partial charge in [0.15, 0.2) is 0 Å². The molecule has 1 heterocycles. The number of thiophene rings is 1. The lowest BCUT2D eigenvalue weighted by molar-refractivity contribution is -0.121. The number of rotatable bonds is 7. The fourth-order valence-corrected chi connectivity index (χ4v) is 3.39. The van der Waals surface area contributed by atoms with Crippen LogP contribution in [0.15, 0.2) is 36.4 Å². The van der Waals surface area contributed by atoms with Gasteiger partial charge in [0, 0.05) is 28.6 Å². The summed E-state index contributed by atoms with van der Waals surface area (Å²) >= 11 is 1.76. The van der Waals surface area contributed by atoms with Gasteiger partial charge in [0.25, 0.3) is 0 Å². The summed E-state index contributed by atoms with van der Waals surface area (Å²) in [5, 5.41) is 11.9. The molecule has 0 saturated carbocycles. The third-order valence-corrected chi connectivity index (χ3v) is 4.58. The highest BCUT2D eigenvalue weighted by Crippen LogP contribution is 2.16. The predicted octanol–water partition coefficient (Wildman–Crippen LogP) is 3.43. The highest BCUT2D eigenvalue weighted by Gasteiger charge is 2.10. The summed E-state index contributed by atoms with van der Waals surface area (Å²) in [4.78, 5) is 25.3. The zero-order valence-corrected chi connectivity index (χ0v) is 14.2. The van der Waals surface area contributed by atoms with Crippen LogP contribution in [0.4, 0.5) is 0 Å². The van der Waals surface area contributed by atoms with Crippen molar-refractivity contribution in [1.82, 2.24) is 5.32 Å². The van der Waals surface area contributed by atoms with Crippen molar-refractivity contribution >= 4 is 23.2 Å². The number of benzene rings is 1. The Labute approximate surface area is 140 Å². The predicted molar refractivity (Wildman–Crippen MR) is 92.1 cm³/mol. The number of hydrogen-bond donors (Lipinski definition) is 2. The molecule has 0 bridgehead atoms. The van der Waals surface area contributed by atoms with Crippen LogP contribution in [0.2, 0.25) is 0 Å². The van der Waals surface area contributed by atoms with Crippen LogP contribution in [0, 0.1) is 6.92 Å². The van der Waals surface area contributed by atoms with Crippen molar-refractivity contribution in [2.45, 2.75) is 39.2 Å². The van der Waals surface area contributed by atoms with Crippen molar-refractivity contribution in [3.05, 3.63) is 57.3 Å². The third-order valence-electron chi connectivity index (χ3n) is 3.55. The van der Waals surface area contributed by atoms with Crippen LogP contribution in [0.3, 0.4) is 0 Å². The quantitative estimate of drug-likeness (QED) is 0.817. The van der Waals surface area contributed by atoms with Crippen molar-refractivity contribution in [1.29, 1.82) is 0 Å². The van der Waals surface area contributed by atoms with Gasteiger partial charge in [0.1, 0.15) is 0 Å². The van der Waals surface area contributed by atoms with Crippen molar-refractivity contribution in [3.8, 4) is 0 Å². The van der Waals surface area contributed by atoms with E-state index in [1.807, 2.05) is 6.92 Å². The first-order chi connectivity index (χ1) is 10.9. The first-order valence-electron chi connectivity index (χ1n) is 7.61. The first-order valence-corrected chi connectivity index (χ1v) is 8.42. The summed E-state index contributed by atoms with van der Waals surface area (Å²) in [5.41, 5.74) is 1.23. The van der Waals surface area contributed by atoms with Crippen molar-refractivity contribution in [2.24, 2.45) is 0 Å². The smallest absolute Gasteiger partial charge is 0.335 e. The zero-order chi connectivity index (χ0) is 16.8. The maximum absolute atomic E-state index is 12.0. The Balaban J connectivity index is 1.76. The van der Waals surface area contributed by atoms with Gasteiger partial charge in [0.2, 0.25) is 5.91 Å². The summed E-state index contributed by atoms with van der Waals surface area (Å²) < 4.78 is 0. The molecular formula is C18H21NO3S. The molecule has 4 nitrogen and oxygen atoms in total. The largest absolute Gasteiger partial charge is 0.478 e. The van der Waals surface area contributed by atoms with E-state index in [1.54, 1.807) is 35.6 Å². The number of hydrogen-bond acceptors (Lipinski definition) is 3. The Morgan fingerprint density at radius 1 is 1.17 bits per heavy atom. The van der Waals surface area contributed by atoms with Crippen molar-refractivity contribution < 1.29 is 14.7 Å². The maximum Gasteiger partial charge on any atom is 0.335 e. The lowest BCUT2D eigenvalue weighted by Crippen LogP contribution is -2.34. The third kappa shape index (κ3) is 5.53. The minimum Gasteiger partial charge on any atom is -0.478 e. The van der Waals surface area contributed by atoms with E-state index in [1.165, 1.54) is 9.75 Å². The molecule has 0 spiro atoms. The van der Waals surface area contributed by atoms with Gasteiger partial charge in [-0.3, -0.25) is 4.79 Å². The highest BCUT2D eigenvalue weighted by molar-refractivity contribution is 7.11. The molecule has 1 unspecified atom stereocenters. The molecule has 1 amide bonds. The number of carbonyl (C=O) groups excluding carboxylic acids is 1. The monoisotopic (exact) mass is 331 g/mol. The maximum atomic E-state index is 12.0. The van der Waals surface area contributed by atoms with E-state index in [9.17, 15) is 9.59 Å². The summed E-state index contributed by atoms with van der Waals surface area (Å²) in [6.45, 7) is 4.08. The van der Waals surface area contributed by atoms with Crippen LogP contribution in [0.25, 0.3) is 0 Å². The molecule has 0 aliphatic rings. The van der Waals surface area contributed by atoms with E-state index < -0.39 is 5.97 Å². The average molecular weight is 331 g/mol. The molecule has 0 aliphatic heterocycles. The van der Waals surface area contributed by atoms with Crippen LogP contribution in [0.5, 0.6) is 0 Å². The second-order valence-corrected chi connectivity index (χ2v) is 7.06. The average Bonchev–Trinajstić information content (AvgIpc) is 2.90. The molecule has 1 atom stereocenters. The van der Waals surface area contributed by atoms with Gasteiger partial charge in [-0.2, -0.15) is 0 Å². The first kappa shape index (κ1) is 17.2. The minimum atomic E-state index is -0.938. The molecule has 2 N–H and O–H groups in total. The second kappa shape index (κ2) is 7.92. The Bertz CT molecular complexity index is 676. The van der Waals surface area contributed by atoms with Crippen LogP contribution in [0.1, 0.15) is 39.0 Å². The standard InChI is InChI=1S/C18H21NO3S/c1-12(11-16-9-3-13(2)23-16)19-17(20)10-6-14-4-7-15(8-5-14)18(21)22/h3-5,7-9,12H,6,10-11H2,1-2H3,(H,19,20)(H,21,22). The topological polar surface area (TPSA) is 66.4 Å². The van der Waals surface area contributed by atoms with Crippen LogP contribution in [-0.2, 0) is 17.6 Å². The highest BCUT2D eigenvalue weighted by atomic mass is 32.1. The molecule has 0 aliphatic carbocycles. The fraction of sp³-hybridized carbons (Fsp3) is 0.333. The molecule has 0 saturated heterocycles. The van der Waals surface area contributed by atoms with Gasteiger partial charge in [-0.15, -0.1) is 11.3 Å². The van der Waals surface area contributed by atoms with Gasteiger partial charge < -0.3 is 10.4 Å². The molecule has 122 valence electrons.